The predicted molar refractivity (Wildman–Crippen MR) is 74.0 cm³/mol. The van der Waals surface area contributed by atoms with Gasteiger partial charge in [0, 0.05) is 25.0 Å². The highest BCUT2D eigenvalue weighted by Gasteiger charge is 2.35. The zero-order valence-corrected chi connectivity index (χ0v) is 12.0. The topological polar surface area (TPSA) is 79.3 Å². The minimum absolute atomic E-state index is 0. The molecule has 2 atom stereocenters. The van der Waals surface area contributed by atoms with Gasteiger partial charge < -0.3 is 10.4 Å². The summed E-state index contributed by atoms with van der Waals surface area (Å²) in [4.78, 5) is 3.96. The van der Waals surface area contributed by atoms with Crippen LogP contribution in [0, 0.1) is 0 Å². The molecule has 2 N–H and O–H groups in total. The third-order valence-electron chi connectivity index (χ3n) is 2.61. The molecule has 18 heavy (non-hydrogen) atoms. The lowest BCUT2D eigenvalue weighted by Gasteiger charge is -2.14. The number of nitrogens with one attached hydrogen (secondary N) is 1. The molecular weight excluding hydrogens is 299 g/mol. The number of aromatic nitrogens is 1. The number of nitrogens with zero attached hydrogens (tertiary/aromatic N) is 1. The third-order valence-corrected chi connectivity index (χ3v) is 4.33. The molecule has 1 saturated heterocycles. The number of halogens is 2. The van der Waals surface area contributed by atoms with Gasteiger partial charge in [0.05, 0.1) is 17.6 Å². The van der Waals surface area contributed by atoms with E-state index in [0.717, 1.165) is 5.56 Å². The van der Waals surface area contributed by atoms with Gasteiger partial charge in [-0.25, -0.2) is 8.42 Å². The molecule has 0 unspecified atom stereocenters. The van der Waals surface area contributed by atoms with Crippen molar-refractivity contribution in [3.05, 3.63) is 30.1 Å². The van der Waals surface area contributed by atoms with E-state index in [1.165, 1.54) is 0 Å². The quantitative estimate of drug-likeness (QED) is 0.831. The summed E-state index contributed by atoms with van der Waals surface area (Å²) in [6.07, 6.45) is 2.59. The van der Waals surface area contributed by atoms with Crippen LogP contribution in [0.15, 0.2) is 24.5 Å². The van der Waals surface area contributed by atoms with E-state index in [0.29, 0.717) is 6.54 Å². The first kappa shape index (κ1) is 17.6. The van der Waals surface area contributed by atoms with E-state index in [9.17, 15) is 13.5 Å². The van der Waals surface area contributed by atoms with E-state index >= 15 is 0 Å². The number of aliphatic hydroxyl groups is 1. The van der Waals surface area contributed by atoms with Gasteiger partial charge in [0.25, 0.3) is 0 Å². The lowest BCUT2D eigenvalue weighted by molar-refractivity contribution is 0.165. The first-order chi connectivity index (χ1) is 7.57. The Morgan fingerprint density at radius 1 is 1.39 bits per heavy atom. The fraction of sp³-hybridized carbons (Fsp3) is 0.500. The molecule has 0 aromatic carbocycles. The molecule has 2 heterocycles. The number of pyridine rings is 1. The van der Waals surface area contributed by atoms with Gasteiger partial charge in [0.15, 0.2) is 9.84 Å². The molecule has 0 amide bonds. The highest BCUT2D eigenvalue weighted by atomic mass is 35.5. The normalized spacial score (nSPS) is 24.9. The summed E-state index contributed by atoms with van der Waals surface area (Å²) in [7, 11) is -3.08. The van der Waals surface area contributed by atoms with Crippen molar-refractivity contribution in [2.45, 2.75) is 18.7 Å². The van der Waals surface area contributed by atoms with Crippen LogP contribution < -0.4 is 5.32 Å². The van der Waals surface area contributed by atoms with Crippen LogP contribution in [0.2, 0.25) is 0 Å². The van der Waals surface area contributed by atoms with Crippen LogP contribution >= 0.6 is 24.8 Å². The summed E-state index contributed by atoms with van der Waals surface area (Å²) >= 11 is 0. The van der Waals surface area contributed by atoms with Crippen molar-refractivity contribution >= 4 is 34.7 Å². The Balaban J connectivity index is 0.00000144. The molecule has 1 aromatic heterocycles. The molecular formula is C10H16Cl2N2O3S. The molecule has 0 bridgehead atoms. The van der Waals surface area contributed by atoms with Crippen molar-refractivity contribution in [3.8, 4) is 0 Å². The van der Waals surface area contributed by atoms with Crippen LogP contribution in [-0.2, 0) is 16.4 Å². The lowest BCUT2D eigenvalue weighted by Crippen LogP contribution is -2.38. The van der Waals surface area contributed by atoms with Gasteiger partial charge in [0.1, 0.15) is 0 Å². The average Bonchev–Trinajstić information content (AvgIpc) is 2.50. The summed E-state index contributed by atoms with van der Waals surface area (Å²) in [5.41, 5.74) is 0.971. The van der Waals surface area contributed by atoms with Crippen LogP contribution in [0.1, 0.15) is 5.56 Å². The maximum atomic E-state index is 11.3. The highest BCUT2D eigenvalue weighted by Crippen LogP contribution is 2.12. The molecule has 0 radical (unpaired) electrons. The maximum Gasteiger partial charge on any atom is 0.154 e. The van der Waals surface area contributed by atoms with Gasteiger partial charge in [-0.05, 0) is 11.6 Å². The molecule has 8 heteroatoms. The van der Waals surface area contributed by atoms with Crippen molar-refractivity contribution < 1.29 is 13.5 Å². The van der Waals surface area contributed by atoms with Gasteiger partial charge in [-0.3, -0.25) is 4.98 Å². The summed E-state index contributed by atoms with van der Waals surface area (Å²) in [5.74, 6) is -0.133. The molecule has 104 valence electrons. The smallest absolute Gasteiger partial charge is 0.154 e. The summed E-state index contributed by atoms with van der Waals surface area (Å²) < 4.78 is 22.5. The van der Waals surface area contributed by atoms with E-state index < -0.39 is 15.9 Å². The van der Waals surface area contributed by atoms with Gasteiger partial charge >= 0.3 is 0 Å². The fourth-order valence-corrected chi connectivity index (χ4v) is 3.55. The Morgan fingerprint density at radius 2 is 2.11 bits per heavy atom. The lowest BCUT2D eigenvalue weighted by atomic mass is 10.2. The number of aliphatic hydroxyl groups excluding tert-OH is 1. The zero-order valence-electron chi connectivity index (χ0n) is 9.52. The zero-order chi connectivity index (χ0) is 11.6. The summed E-state index contributed by atoms with van der Waals surface area (Å²) in [5, 5.41) is 12.6. The maximum absolute atomic E-state index is 11.3. The van der Waals surface area contributed by atoms with Crippen molar-refractivity contribution in [1.29, 1.82) is 0 Å². The molecule has 0 spiro atoms. The van der Waals surface area contributed by atoms with Crippen LogP contribution in [0.4, 0.5) is 0 Å². The minimum Gasteiger partial charge on any atom is -0.390 e. The monoisotopic (exact) mass is 314 g/mol. The average molecular weight is 315 g/mol. The molecule has 1 aliphatic heterocycles. The van der Waals surface area contributed by atoms with Crippen molar-refractivity contribution in [2.24, 2.45) is 0 Å². The molecule has 1 aliphatic rings. The van der Waals surface area contributed by atoms with Crippen molar-refractivity contribution in [2.75, 3.05) is 11.5 Å². The van der Waals surface area contributed by atoms with Gasteiger partial charge in [0.2, 0.25) is 0 Å². The molecule has 1 aromatic rings. The minimum atomic E-state index is -3.08. The predicted octanol–water partition coefficient (Wildman–Crippen LogP) is 0.173. The van der Waals surface area contributed by atoms with Gasteiger partial charge in [-0.2, -0.15) is 0 Å². The van der Waals surface area contributed by atoms with Crippen LogP contribution in [-0.4, -0.2) is 42.2 Å². The molecule has 5 nitrogen and oxygen atoms in total. The molecule has 2 rings (SSSR count). The van der Waals surface area contributed by atoms with Crippen LogP contribution in [0.25, 0.3) is 0 Å². The van der Waals surface area contributed by atoms with Crippen molar-refractivity contribution in [1.82, 2.24) is 10.3 Å². The third kappa shape index (κ3) is 4.70. The van der Waals surface area contributed by atoms with Crippen LogP contribution in [0.3, 0.4) is 0 Å². The highest BCUT2D eigenvalue weighted by molar-refractivity contribution is 7.91. The fourth-order valence-electron chi connectivity index (χ4n) is 1.78. The summed E-state index contributed by atoms with van der Waals surface area (Å²) in [6, 6.07) is 3.35. The van der Waals surface area contributed by atoms with E-state index in [2.05, 4.69) is 10.3 Å². The second-order valence-corrected chi connectivity index (χ2v) is 6.15. The van der Waals surface area contributed by atoms with E-state index in [4.69, 9.17) is 0 Å². The first-order valence-electron chi connectivity index (χ1n) is 5.07. The number of hydrogen-bond donors (Lipinski definition) is 2. The van der Waals surface area contributed by atoms with Gasteiger partial charge in [-0.1, -0.05) is 6.07 Å². The molecule has 0 aliphatic carbocycles. The first-order valence-corrected chi connectivity index (χ1v) is 6.90. The van der Waals surface area contributed by atoms with E-state index in [1.54, 1.807) is 12.4 Å². The Labute approximate surface area is 119 Å². The van der Waals surface area contributed by atoms with E-state index in [1.807, 2.05) is 12.1 Å². The van der Waals surface area contributed by atoms with E-state index in [-0.39, 0.29) is 42.4 Å². The largest absolute Gasteiger partial charge is 0.390 e. The second-order valence-electron chi connectivity index (χ2n) is 3.99. The van der Waals surface area contributed by atoms with Crippen molar-refractivity contribution in [3.63, 3.8) is 0 Å². The number of sulfone groups is 1. The molecule has 0 saturated carbocycles. The Morgan fingerprint density at radius 3 is 2.61 bits per heavy atom. The number of rotatable bonds is 3. The number of hydrogen-bond acceptors (Lipinski definition) is 5. The second kappa shape index (κ2) is 7.25. The molecule has 1 fully saturated rings. The summed E-state index contributed by atoms with van der Waals surface area (Å²) in [6.45, 7) is 0.519. The Hall–Kier alpha value is -0.400. The Kier molecular flexibility index (Phi) is 7.09. The van der Waals surface area contributed by atoms with Gasteiger partial charge in [-0.15, -0.1) is 24.8 Å². The Bertz CT molecular complexity index is 455. The standard InChI is InChI=1S/C10H14N2O3S.2ClH/c13-10-7-16(14,15)6-9(10)12-5-8-2-1-3-11-4-8;;/h1-4,9-10,12-13H,5-7H2;2*1H/t9-,10-;;/m0../s1. The van der Waals surface area contributed by atoms with Crippen LogP contribution in [0.5, 0.6) is 0 Å². The SMILES string of the molecule is Cl.Cl.O=S1(=O)C[C@H](NCc2cccnc2)[C@@H](O)C1.